The van der Waals surface area contributed by atoms with Gasteiger partial charge in [-0.25, -0.2) is 4.79 Å². The zero-order valence-electron chi connectivity index (χ0n) is 21.4. The van der Waals surface area contributed by atoms with E-state index in [0.717, 1.165) is 0 Å². The van der Waals surface area contributed by atoms with Crippen LogP contribution in [0.15, 0.2) is 35.5 Å². The summed E-state index contributed by atoms with van der Waals surface area (Å²) in [4.78, 5) is 51.6. The Morgan fingerprint density at radius 1 is 1.21 bits per heavy atom. The lowest BCUT2D eigenvalue weighted by Gasteiger charge is -2.39. The van der Waals surface area contributed by atoms with E-state index in [-0.39, 0.29) is 31.0 Å². The summed E-state index contributed by atoms with van der Waals surface area (Å²) in [5, 5.41) is 11.4. The van der Waals surface area contributed by atoms with Crippen molar-refractivity contribution in [2.45, 2.75) is 92.0 Å². The molecule has 5 atom stereocenters. The van der Waals surface area contributed by atoms with Crippen LogP contribution in [0.4, 0.5) is 0 Å². The molecule has 0 aromatic carbocycles. The van der Waals surface area contributed by atoms with Gasteiger partial charge in [0.25, 0.3) is 0 Å². The summed E-state index contributed by atoms with van der Waals surface area (Å²) >= 11 is 0. The number of esters is 2. The molecule has 0 saturated heterocycles. The fourth-order valence-corrected chi connectivity index (χ4v) is 4.93. The molecule has 0 spiro atoms. The number of rotatable bonds is 3. The van der Waals surface area contributed by atoms with Crippen molar-refractivity contribution in [2.24, 2.45) is 17.3 Å². The number of allylic oxidation sites excluding steroid dienone is 2. The minimum absolute atomic E-state index is 0.00403. The van der Waals surface area contributed by atoms with E-state index in [2.05, 4.69) is 6.58 Å². The highest BCUT2D eigenvalue weighted by Gasteiger charge is 2.63. The van der Waals surface area contributed by atoms with Crippen molar-refractivity contribution in [3.8, 4) is 0 Å². The van der Waals surface area contributed by atoms with Crippen molar-refractivity contribution >= 4 is 23.5 Å². The maximum absolute atomic E-state index is 13.9. The Labute approximate surface area is 202 Å². The molecule has 2 rings (SSSR count). The molecular formula is C27H38O7. The lowest BCUT2D eigenvalue weighted by atomic mass is 9.74. The molecule has 0 aromatic rings. The monoisotopic (exact) mass is 474 g/mol. The van der Waals surface area contributed by atoms with Crippen LogP contribution >= 0.6 is 0 Å². The first-order valence-corrected chi connectivity index (χ1v) is 11.8. The SMILES string of the molecule is C=C1CCC(=O)C(C)(C)C/C=C(\C)C(=O)[C@@]2(OC(C)=O)C[C@H](C)[C@H](OC(=O)/C(C)=C/C)[C@@H]2[C@@H]1O. The van der Waals surface area contributed by atoms with Crippen LogP contribution in [0.25, 0.3) is 0 Å². The number of carbonyl (C=O) groups is 4. The Morgan fingerprint density at radius 2 is 1.82 bits per heavy atom. The first-order valence-electron chi connectivity index (χ1n) is 11.8. The van der Waals surface area contributed by atoms with Crippen LogP contribution in [0.1, 0.15) is 74.1 Å². The minimum Gasteiger partial charge on any atom is -0.458 e. The van der Waals surface area contributed by atoms with Crippen LogP contribution < -0.4 is 0 Å². The van der Waals surface area contributed by atoms with Crippen molar-refractivity contribution in [3.05, 3.63) is 35.5 Å². The summed E-state index contributed by atoms with van der Waals surface area (Å²) in [6, 6.07) is 0. The molecule has 1 N–H and O–H groups in total. The van der Waals surface area contributed by atoms with Crippen LogP contribution in [0, 0.1) is 17.3 Å². The number of aliphatic hydroxyl groups is 1. The van der Waals surface area contributed by atoms with Crippen LogP contribution in [-0.4, -0.2) is 46.4 Å². The molecule has 0 unspecified atom stereocenters. The maximum Gasteiger partial charge on any atom is 0.333 e. The average molecular weight is 475 g/mol. The second-order valence-electron chi connectivity index (χ2n) is 10.4. The second-order valence-corrected chi connectivity index (χ2v) is 10.4. The molecule has 0 aliphatic heterocycles. The lowest BCUT2D eigenvalue weighted by Crippen LogP contribution is -2.54. The zero-order valence-corrected chi connectivity index (χ0v) is 21.4. The number of ether oxygens (including phenoxy) is 2. The molecule has 188 valence electrons. The third kappa shape index (κ3) is 5.40. The fourth-order valence-electron chi connectivity index (χ4n) is 4.93. The summed E-state index contributed by atoms with van der Waals surface area (Å²) < 4.78 is 11.5. The summed E-state index contributed by atoms with van der Waals surface area (Å²) in [6.45, 7) is 15.6. The first-order chi connectivity index (χ1) is 15.7. The molecular weight excluding hydrogens is 436 g/mol. The normalized spacial score (nSPS) is 34.3. The third-order valence-corrected chi connectivity index (χ3v) is 7.25. The summed E-state index contributed by atoms with van der Waals surface area (Å²) in [6.07, 6.45) is 1.88. The van der Waals surface area contributed by atoms with Gasteiger partial charge in [-0.15, -0.1) is 0 Å². The van der Waals surface area contributed by atoms with Gasteiger partial charge < -0.3 is 14.6 Å². The molecule has 1 saturated carbocycles. The number of Topliss-reactive ketones (excluding diaryl/α,β-unsaturated/α-hetero) is 2. The zero-order chi connectivity index (χ0) is 26.0. The Kier molecular flexibility index (Phi) is 8.46. The quantitative estimate of drug-likeness (QED) is 0.374. The van der Waals surface area contributed by atoms with Gasteiger partial charge in [0.2, 0.25) is 5.78 Å². The molecule has 0 radical (unpaired) electrons. The minimum atomic E-state index is -1.73. The second kappa shape index (κ2) is 10.4. The van der Waals surface area contributed by atoms with Gasteiger partial charge in [0, 0.05) is 30.8 Å². The topological polar surface area (TPSA) is 107 Å². The highest BCUT2D eigenvalue weighted by atomic mass is 16.6. The summed E-state index contributed by atoms with van der Waals surface area (Å²) in [5.41, 5.74) is -1.39. The standard InChI is InChI=1S/C27H38O7/c1-9-15(2)25(32)33-23-18(5)14-27(34-19(6)28)21(23)22(30)16(3)10-11-20(29)26(7,8)13-12-17(4)24(27)31/h9,12,18,21-23,30H,3,10-11,13-14H2,1-2,4-8H3/b15-9+,17-12+/t18-,21-,22+,23-,27+/m0/s1. The van der Waals surface area contributed by atoms with Crippen LogP contribution in [0.2, 0.25) is 0 Å². The third-order valence-electron chi connectivity index (χ3n) is 7.25. The lowest BCUT2D eigenvalue weighted by molar-refractivity contribution is -0.177. The van der Waals surface area contributed by atoms with E-state index in [1.807, 2.05) is 13.8 Å². The van der Waals surface area contributed by atoms with Crippen molar-refractivity contribution in [3.63, 3.8) is 0 Å². The van der Waals surface area contributed by atoms with E-state index in [9.17, 15) is 24.3 Å². The predicted molar refractivity (Wildman–Crippen MR) is 128 cm³/mol. The maximum atomic E-state index is 13.9. The smallest absolute Gasteiger partial charge is 0.333 e. The van der Waals surface area contributed by atoms with E-state index in [0.29, 0.717) is 23.1 Å². The molecule has 0 aromatic heterocycles. The highest BCUT2D eigenvalue weighted by molar-refractivity contribution is 6.03. The van der Waals surface area contributed by atoms with Gasteiger partial charge in [-0.2, -0.15) is 0 Å². The molecule has 7 heteroatoms. The van der Waals surface area contributed by atoms with Crippen molar-refractivity contribution in [1.82, 2.24) is 0 Å². The van der Waals surface area contributed by atoms with Gasteiger partial charge in [-0.3, -0.25) is 14.4 Å². The Balaban J connectivity index is 2.71. The van der Waals surface area contributed by atoms with Crippen molar-refractivity contribution in [1.29, 1.82) is 0 Å². The van der Waals surface area contributed by atoms with E-state index in [1.165, 1.54) is 6.92 Å². The fraction of sp³-hybridized carbons (Fsp3) is 0.630. The first kappa shape index (κ1) is 27.7. The van der Waals surface area contributed by atoms with Gasteiger partial charge in [0.05, 0.1) is 12.0 Å². The number of carbonyl (C=O) groups excluding carboxylic acids is 4. The molecule has 2 aliphatic rings. The van der Waals surface area contributed by atoms with Gasteiger partial charge in [-0.05, 0) is 50.7 Å². The van der Waals surface area contributed by atoms with E-state index < -0.39 is 46.9 Å². The number of hydrogen-bond acceptors (Lipinski definition) is 7. The molecule has 1 fully saturated rings. The molecule has 0 heterocycles. The highest BCUT2D eigenvalue weighted by Crippen LogP contribution is 2.49. The number of hydrogen-bond donors (Lipinski definition) is 1. The van der Waals surface area contributed by atoms with Crippen molar-refractivity contribution in [2.75, 3.05) is 0 Å². The molecule has 34 heavy (non-hydrogen) atoms. The number of aliphatic hydroxyl groups excluding tert-OH is 1. The van der Waals surface area contributed by atoms with Crippen molar-refractivity contribution < 1.29 is 33.8 Å². The summed E-state index contributed by atoms with van der Waals surface area (Å²) in [7, 11) is 0. The van der Waals surface area contributed by atoms with Gasteiger partial charge in [0.15, 0.2) is 5.60 Å². The van der Waals surface area contributed by atoms with Crippen LogP contribution in [0.3, 0.4) is 0 Å². The molecule has 2 aliphatic carbocycles. The Bertz CT molecular complexity index is 939. The number of fused-ring (bicyclic) bond motifs is 1. The van der Waals surface area contributed by atoms with E-state index in [1.54, 1.807) is 39.8 Å². The molecule has 7 nitrogen and oxygen atoms in total. The largest absolute Gasteiger partial charge is 0.458 e. The average Bonchev–Trinajstić information content (AvgIpc) is 3.03. The van der Waals surface area contributed by atoms with Gasteiger partial charge in [0.1, 0.15) is 11.9 Å². The molecule has 0 amide bonds. The van der Waals surface area contributed by atoms with E-state index >= 15 is 0 Å². The Hall–Kier alpha value is -2.54. The van der Waals surface area contributed by atoms with E-state index in [4.69, 9.17) is 9.47 Å². The Morgan fingerprint density at radius 3 is 2.38 bits per heavy atom. The van der Waals surface area contributed by atoms with Gasteiger partial charge in [-0.1, -0.05) is 39.5 Å². The predicted octanol–water partition coefficient (Wildman–Crippen LogP) is 4.03. The molecule has 0 bridgehead atoms. The van der Waals surface area contributed by atoms with Crippen LogP contribution in [0.5, 0.6) is 0 Å². The number of ketones is 2. The van der Waals surface area contributed by atoms with Gasteiger partial charge >= 0.3 is 11.9 Å². The van der Waals surface area contributed by atoms with Crippen LogP contribution in [-0.2, 0) is 28.7 Å². The summed E-state index contributed by atoms with van der Waals surface area (Å²) in [5.74, 6) is -3.16.